The van der Waals surface area contributed by atoms with Gasteiger partial charge in [0.05, 0.1) is 16.6 Å². The monoisotopic (exact) mass is 593 g/mol. The number of nitrogens with zero attached hydrogens (tertiary/aromatic N) is 5. The number of rotatable bonds is 7. The Morgan fingerprint density at radius 1 is 1.10 bits per heavy atom. The third kappa shape index (κ3) is 5.85. The number of benzene rings is 1. The topological polar surface area (TPSA) is 114 Å². The van der Waals surface area contributed by atoms with Crippen LogP contribution in [0.2, 0.25) is 0 Å². The summed E-state index contributed by atoms with van der Waals surface area (Å²) in [5.41, 5.74) is 1.64. The molecule has 2 aliphatic rings. The Labute approximate surface area is 237 Å². The molecule has 4 heterocycles. The van der Waals surface area contributed by atoms with Crippen LogP contribution >= 0.6 is 0 Å². The molecule has 0 radical (unpaired) electrons. The highest BCUT2D eigenvalue weighted by molar-refractivity contribution is 7.92. The summed E-state index contributed by atoms with van der Waals surface area (Å²) in [7, 11) is -0.296. The van der Waals surface area contributed by atoms with Crippen LogP contribution in [0.5, 0.6) is 5.75 Å². The Morgan fingerprint density at radius 3 is 2.46 bits per heavy atom. The number of hydrogen-bond acceptors (Lipinski definition) is 9. The van der Waals surface area contributed by atoms with E-state index in [-0.39, 0.29) is 22.8 Å². The zero-order valence-corrected chi connectivity index (χ0v) is 24.4. The van der Waals surface area contributed by atoms with Crippen LogP contribution in [0.15, 0.2) is 29.6 Å². The minimum Gasteiger partial charge on any atom is -0.488 e. The van der Waals surface area contributed by atoms with Crippen LogP contribution in [0.1, 0.15) is 56.2 Å². The molecule has 14 heteroatoms. The number of alkyl halides is 3. The van der Waals surface area contributed by atoms with Crippen molar-refractivity contribution in [2.45, 2.75) is 68.5 Å². The number of nitrogens with one attached hydrogen (secondary N) is 2. The highest BCUT2D eigenvalue weighted by Crippen LogP contribution is 2.44. The molecule has 1 unspecified atom stereocenters. The molecule has 2 aromatic heterocycles. The van der Waals surface area contributed by atoms with Gasteiger partial charge < -0.3 is 20.3 Å². The predicted molar refractivity (Wildman–Crippen MR) is 149 cm³/mol. The van der Waals surface area contributed by atoms with Gasteiger partial charge >= 0.3 is 6.18 Å². The maximum absolute atomic E-state index is 13.9. The van der Waals surface area contributed by atoms with Gasteiger partial charge in [0.15, 0.2) is 0 Å². The first-order valence-corrected chi connectivity index (χ1v) is 15.1. The summed E-state index contributed by atoms with van der Waals surface area (Å²) in [5, 5.41) is 8.39. The van der Waals surface area contributed by atoms with E-state index in [1.807, 2.05) is 13.0 Å². The van der Waals surface area contributed by atoms with Gasteiger partial charge in [0.25, 0.3) is 0 Å². The zero-order valence-electron chi connectivity index (χ0n) is 23.6. The van der Waals surface area contributed by atoms with Crippen LogP contribution in [-0.2, 0) is 29.5 Å². The van der Waals surface area contributed by atoms with Gasteiger partial charge in [-0.05, 0) is 71.3 Å². The van der Waals surface area contributed by atoms with Gasteiger partial charge in [0.2, 0.25) is 20.8 Å². The van der Waals surface area contributed by atoms with Crippen LogP contribution < -0.4 is 15.4 Å². The molecular weight excluding hydrogens is 559 g/mol. The number of aromatic nitrogens is 4. The Hall–Kier alpha value is -3.39. The van der Waals surface area contributed by atoms with E-state index in [1.54, 1.807) is 0 Å². The molecule has 1 fully saturated rings. The van der Waals surface area contributed by atoms with Gasteiger partial charge in [0, 0.05) is 31.4 Å². The maximum atomic E-state index is 13.9. The molecule has 2 aliphatic heterocycles. The minimum atomic E-state index is -4.80. The number of aryl methyl sites for hydroxylation is 1. The lowest BCUT2D eigenvalue weighted by atomic mass is 9.85. The number of piperidine rings is 1. The second kappa shape index (κ2) is 10.8. The Bertz CT molecular complexity index is 1550. The molecule has 2 N–H and O–H groups in total. The number of hydrogen-bond donors (Lipinski definition) is 2. The van der Waals surface area contributed by atoms with E-state index < -0.39 is 32.6 Å². The summed E-state index contributed by atoms with van der Waals surface area (Å²) in [5.74, 6) is 0.369. The van der Waals surface area contributed by atoms with Crippen molar-refractivity contribution in [3.05, 3.63) is 41.2 Å². The second-order valence-corrected chi connectivity index (χ2v) is 13.5. The van der Waals surface area contributed by atoms with Gasteiger partial charge in [-0.3, -0.25) is 4.68 Å². The summed E-state index contributed by atoms with van der Waals surface area (Å²) in [6.45, 7) is 6.96. The van der Waals surface area contributed by atoms with Gasteiger partial charge in [-0.2, -0.15) is 23.3 Å². The van der Waals surface area contributed by atoms with Gasteiger partial charge in [-0.15, -0.1) is 0 Å². The first-order chi connectivity index (χ1) is 19.2. The normalized spacial score (nSPS) is 18.4. The third-order valence-electron chi connectivity index (χ3n) is 7.54. The maximum Gasteiger partial charge on any atom is 0.421 e. The molecule has 0 spiro atoms. The van der Waals surface area contributed by atoms with Crippen molar-refractivity contribution in [1.82, 2.24) is 24.6 Å². The van der Waals surface area contributed by atoms with E-state index in [2.05, 4.69) is 43.7 Å². The van der Waals surface area contributed by atoms with E-state index in [4.69, 9.17) is 4.74 Å². The quantitative estimate of drug-likeness (QED) is 0.389. The molecule has 0 bridgehead atoms. The molecule has 0 saturated carbocycles. The lowest BCUT2D eigenvalue weighted by Crippen LogP contribution is -2.29. The van der Waals surface area contributed by atoms with Crippen molar-refractivity contribution in [1.29, 1.82) is 0 Å². The van der Waals surface area contributed by atoms with Gasteiger partial charge in [0.1, 0.15) is 23.2 Å². The van der Waals surface area contributed by atoms with Crippen molar-refractivity contribution in [3.63, 3.8) is 0 Å². The highest BCUT2D eigenvalue weighted by Gasteiger charge is 2.37. The lowest BCUT2D eigenvalue weighted by Gasteiger charge is -2.30. The largest absolute Gasteiger partial charge is 0.488 e. The summed E-state index contributed by atoms with van der Waals surface area (Å²) >= 11 is 0. The van der Waals surface area contributed by atoms with Crippen molar-refractivity contribution >= 4 is 33.0 Å². The molecule has 0 aliphatic carbocycles. The number of ether oxygens (including phenoxy) is 1. The zero-order chi connectivity index (χ0) is 29.7. The van der Waals surface area contributed by atoms with Crippen molar-refractivity contribution in [3.8, 4) is 5.75 Å². The van der Waals surface area contributed by atoms with Crippen molar-refractivity contribution < 1.29 is 26.3 Å². The number of likely N-dealkylation sites (tertiary alicyclic amines) is 1. The molecule has 0 amide bonds. The molecular formula is C27H34F3N7O3S. The van der Waals surface area contributed by atoms with E-state index in [0.717, 1.165) is 37.9 Å². The molecule has 1 saturated heterocycles. The van der Waals surface area contributed by atoms with Crippen LogP contribution in [0.4, 0.5) is 36.3 Å². The predicted octanol–water partition coefficient (Wildman–Crippen LogP) is 5.03. The van der Waals surface area contributed by atoms with Crippen molar-refractivity contribution in [2.75, 3.05) is 30.8 Å². The fourth-order valence-electron chi connectivity index (χ4n) is 5.30. The van der Waals surface area contributed by atoms with Crippen LogP contribution in [0.25, 0.3) is 0 Å². The average molecular weight is 594 g/mol. The molecule has 222 valence electrons. The molecule has 5 rings (SSSR count). The summed E-state index contributed by atoms with van der Waals surface area (Å²) < 4.78 is 74.9. The smallest absolute Gasteiger partial charge is 0.421 e. The lowest BCUT2D eigenvalue weighted by molar-refractivity contribution is -0.137. The van der Waals surface area contributed by atoms with Crippen molar-refractivity contribution in [2.24, 2.45) is 7.05 Å². The highest BCUT2D eigenvalue weighted by atomic mass is 32.2. The Kier molecular flexibility index (Phi) is 7.66. The van der Waals surface area contributed by atoms with Crippen LogP contribution in [-0.4, -0.2) is 64.6 Å². The van der Waals surface area contributed by atoms with E-state index in [1.165, 1.54) is 37.3 Å². The number of halogens is 3. The SMILES string of the molecule is CC1Cc2c(C3CCN(C)CC3)ccc(Nc3ncc(C(F)(F)F)c(Nc4cn(C)nc4S(=O)(=O)C(C)C)n3)c2O1. The standard InChI is InChI=1S/C27H34F3N7O3S/c1-15(2)41(38,39)25-22(14-37(5)35-25)32-24-20(27(28,29)30)13-31-26(34-24)33-21-7-6-18(17-8-10-36(4)11-9-17)19-12-16(3)40-23(19)21/h6-7,13-17H,8-12H2,1-5H3,(H2,31,32,33,34). The van der Waals surface area contributed by atoms with Crippen LogP contribution in [0, 0.1) is 0 Å². The first kappa shape index (κ1) is 29.1. The number of fused-ring (bicyclic) bond motifs is 1. The van der Waals surface area contributed by atoms with E-state index in [0.29, 0.717) is 23.6 Å². The summed E-state index contributed by atoms with van der Waals surface area (Å²) in [4.78, 5) is 10.4. The van der Waals surface area contributed by atoms with E-state index in [9.17, 15) is 21.6 Å². The molecule has 41 heavy (non-hydrogen) atoms. The molecule has 1 aromatic carbocycles. The average Bonchev–Trinajstić information content (AvgIpc) is 3.46. The summed E-state index contributed by atoms with van der Waals surface area (Å²) in [6.07, 6.45) is -0.0450. The first-order valence-electron chi connectivity index (χ1n) is 13.5. The van der Waals surface area contributed by atoms with Crippen LogP contribution in [0.3, 0.4) is 0 Å². The van der Waals surface area contributed by atoms with Gasteiger partial charge in [-0.25, -0.2) is 13.4 Å². The second-order valence-electron chi connectivity index (χ2n) is 11.0. The Balaban J connectivity index is 1.50. The third-order valence-corrected chi connectivity index (χ3v) is 9.63. The van der Waals surface area contributed by atoms with Gasteiger partial charge in [-0.1, -0.05) is 6.07 Å². The Morgan fingerprint density at radius 2 is 1.80 bits per heavy atom. The fourth-order valence-corrected chi connectivity index (χ4v) is 6.40. The minimum absolute atomic E-state index is 0.0457. The fraction of sp³-hybridized carbons (Fsp3) is 0.519. The molecule has 1 atom stereocenters. The number of anilines is 4. The summed E-state index contributed by atoms with van der Waals surface area (Å²) in [6, 6.07) is 3.91. The van der Waals surface area contributed by atoms with E-state index >= 15 is 0 Å². The number of sulfone groups is 1. The molecule has 3 aromatic rings. The molecule has 10 nitrogen and oxygen atoms in total.